The second-order valence-corrected chi connectivity index (χ2v) is 38.3. The Morgan fingerprint density at radius 3 is 1.10 bits per heavy atom. The van der Waals surface area contributed by atoms with Gasteiger partial charge in [0.2, 0.25) is 0 Å². The molecular formula is C96H142O16. The van der Waals surface area contributed by atoms with Gasteiger partial charge in [-0.3, -0.25) is 0 Å². The minimum absolute atomic E-state index is 0.194. The Balaban J connectivity index is 0.000000178. The van der Waals surface area contributed by atoms with E-state index in [1.165, 1.54) is 109 Å². The smallest absolute Gasteiger partial charge is 0.333 e. The first-order chi connectivity index (χ1) is 52.2. The second kappa shape index (κ2) is 38.6. The summed E-state index contributed by atoms with van der Waals surface area (Å²) in [6, 6.07) is 0. The molecule has 10 bridgehead atoms. The second-order valence-electron chi connectivity index (χ2n) is 38.3. The molecule has 0 spiro atoms. The van der Waals surface area contributed by atoms with Crippen LogP contribution in [0, 0.1) is 71.0 Å². The van der Waals surface area contributed by atoms with E-state index in [9.17, 15) is 38.4 Å². The molecule has 15 rings (SSSR count). The molecule has 112 heavy (non-hydrogen) atoms. The zero-order chi connectivity index (χ0) is 83.3. The number of allylic oxidation sites excluding steroid dienone is 2. The fourth-order valence-electron chi connectivity index (χ4n) is 20.6. The molecular weight excluding hydrogens is 1410 g/mol. The van der Waals surface area contributed by atoms with Gasteiger partial charge in [-0.05, 0) is 330 Å². The van der Waals surface area contributed by atoms with Crippen molar-refractivity contribution in [2.75, 3.05) is 0 Å². The average molecular weight is 1550 g/mol. The summed E-state index contributed by atoms with van der Waals surface area (Å²) in [6.07, 6.45) is 46.9. The normalized spacial score (nSPS) is 33.9. The number of carbonyl (C=O) groups excluding carboxylic acids is 8. The van der Waals surface area contributed by atoms with Crippen molar-refractivity contribution < 1.29 is 76.3 Å². The Bertz CT molecular complexity index is 3570. The summed E-state index contributed by atoms with van der Waals surface area (Å²) in [4.78, 5) is 91.4. The Labute approximate surface area is 673 Å². The quantitative estimate of drug-likeness (QED) is 0.0609. The van der Waals surface area contributed by atoms with Gasteiger partial charge in [-0.1, -0.05) is 102 Å². The maximum absolute atomic E-state index is 11.8. The Morgan fingerprint density at radius 2 is 0.696 bits per heavy atom. The van der Waals surface area contributed by atoms with Crippen molar-refractivity contribution in [2.45, 2.75) is 348 Å². The highest BCUT2D eigenvalue weighted by molar-refractivity contribution is 5.90. The lowest BCUT2D eigenvalue weighted by atomic mass is 9.50. The van der Waals surface area contributed by atoms with Crippen LogP contribution in [-0.4, -0.2) is 92.6 Å². The minimum atomic E-state index is -0.323. The van der Waals surface area contributed by atoms with Gasteiger partial charge in [0.25, 0.3) is 0 Å². The van der Waals surface area contributed by atoms with Crippen molar-refractivity contribution in [2.24, 2.45) is 71.0 Å². The first kappa shape index (κ1) is 92.1. The molecule has 622 valence electrons. The lowest BCUT2D eigenvalue weighted by Gasteiger charge is -2.59. The molecule has 0 amide bonds. The van der Waals surface area contributed by atoms with Gasteiger partial charge in [-0.25, -0.2) is 38.4 Å². The van der Waals surface area contributed by atoms with Gasteiger partial charge in [0, 0.05) is 75.7 Å². The van der Waals surface area contributed by atoms with E-state index in [1.807, 2.05) is 46.8 Å². The van der Waals surface area contributed by atoms with Crippen LogP contribution in [0.5, 0.6) is 0 Å². The number of carbonyl (C=O) groups is 8. The SMILES string of the molecule is C=C(C)C(=O)OC1(C)C2CC3CC(C2)CC1C3.C=C(C)C(=O)OC1(C)CC2C=CC1C2.C=C(C)C(=O)OC1(C)CC2CC1C1CCCC21.C=C(C)C(=O)OC1(C)CC2CCC1C2.C=C(C)C(=O)OC1(C)CC=CC1.C=C(C)C(=O)OC1(C)CC=CCC1.C=C(C)C(=O)OC1(C)CCCC1.C=C(C)C(=O)OC1(C)CCCCC1. The molecule has 12 unspecified atom stereocenters. The number of rotatable bonds is 16. The van der Waals surface area contributed by atoms with E-state index in [4.69, 9.17) is 37.9 Å². The van der Waals surface area contributed by atoms with E-state index in [2.05, 4.69) is 97.7 Å². The Kier molecular flexibility index (Phi) is 31.7. The van der Waals surface area contributed by atoms with Crippen LogP contribution in [0.15, 0.2) is 134 Å². The monoisotopic (exact) mass is 1550 g/mol. The summed E-state index contributed by atoms with van der Waals surface area (Å²) >= 11 is 0. The molecule has 0 heterocycles. The van der Waals surface area contributed by atoms with Crippen LogP contribution in [0.4, 0.5) is 0 Å². The number of hydrogen-bond acceptors (Lipinski definition) is 16. The van der Waals surface area contributed by atoms with Crippen molar-refractivity contribution in [1.82, 2.24) is 0 Å². The standard InChI is InChI=1S/2C15H22O2.C12H18O2.C12H16O2.C11H18O2.C11H16O2.C10H16O2.C10H14O2/c1-9(2)14(16)17-15(3)12-5-10-4-11(7-12)8-13(15)6-10;1-9(2)14(16)17-15(3)8-10-7-13(15)12-6-4-5-11(10)12;2*1-8(2)11(13)14-12(3)7-9-4-5-10(12)6-9;2*1-9(2)10(12)13-11(3)7-5-4-6-8-11;2*1-8(2)9(11)12-10(3)6-4-5-7-10/h2*10-13H,1,4-8H2,2-3H3;9-10H,1,4-7H2,2-3H3;4-5,9-10H,1,6-7H2,2-3H3;1,4-8H2,2-3H3;4-5H,1,6-8H2,2-3H3;1,4-7H2,2-3H3;4-5H,1,6-7H2,2-3H3. The van der Waals surface area contributed by atoms with E-state index in [0.29, 0.717) is 80.1 Å². The van der Waals surface area contributed by atoms with Crippen molar-refractivity contribution in [3.8, 4) is 0 Å². The van der Waals surface area contributed by atoms with Crippen LogP contribution in [0.25, 0.3) is 0 Å². The third kappa shape index (κ3) is 24.7. The van der Waals surface area contributed by atoms with Gasteiger partial charge in [-0.15, -0.1) is 0 Å². The molecule has 0 radical (unpaired) electrons. The third-order valence-electron chi connectivity index (χ3n) is 27.1. The van der Waals surface area contributed by atoms with E-state index >= 15 is 0 Å². The zero-order valence-electron chi connectivity index (χ0n) is 71.8. The predicted molar refractivity (Wildman–Crippen MR) is 442 cm³/mol. The summed E-state index contributed by atoms with van der Waals surface area (Å²) in [5, 5.41) is 0. The van der Waals surface area contributed by atoms with Crippen LogP contribution >= 0.6 is 0 Å². The highest BCUT2D eigenvalue weighted by Crippen LogP contribution is 2.64. The molecule has 12 saturated carbocycles. The summed E-state index contributed by atoms with van der Waals surface area (Å²) in [7, 11) is 0. The fraction of sp³-hybridized carbons (Fsp3) is 0.688. The summed E-state index contributed by atoms with van der Waals surface area (Å²) < 4.78 is 44.0. The van der Waals surface area contributed by atoms with Crippen molar-refractivity contribution in [3.63, 3.8) is 0 Å². The van der Waals surface area contributed by atoms with Crippen molar-refractivity contribution >= 4 is 47.8 Å². The van der Waals surface area contributed by atoms with Gasteiger partial charge in [-0.2, -0.15) is 0 Å². The molecule has 0 N–H and O–H groups in total. The van der Waals surface area contributed by atoms with E-state index in [0.717, 1.165) is 119 Å². The molecule has 0 aliphatic heterocycles. The molecule has 12 atom stereocenters. The van der Waals surface area contributed by atoms with Crippen LogP contribution < -0.4 is 0 Å². The topological polar surface area (TPSA) is 210 Å². The van der Waals surface area contributed by atoms with Crippen LogP contribution in [0.3, 0.4) is 0 Å². The molecule has 15 aliphatic carbocycles. The highest BCUT2D eigenvalue weighted by Gasteiger charge is 2.61. The predicted octanol–water partition coefficient (Wildman–Crippen LogP) is 21.9. The van der Waals surface area contributed by atoms with Gasteiger partial charge >= 0.3 is 47.8 Å². The third-order valence-corrected chi connectivity index (χ3v) is 27.1. The number of ether oxygens (including phenoxy) is 8. The van der Waals surface area contributed by atoms with Gasteiger partial charge in [0.1, 0.15) is 44.8 Å². The number of hydrogen-bond donors (Lipinski definition) is 0. The summed E-state index contributed by atoms with van der Waals surface area (Å²) in [5.74, 6) is 6.70. The lowest BCUT2D eigenvalue weighted by molar-refractivity contribution is -0.199. The lowest BCUT2D eigenvalue weighted by Crippen LogP contribution is -2.58. The first-order valence-corrected chi connectivity index (χ1v) is 42.2. The van der Waals surface area contributed by atoms with Crippen molar-refractivity contribution in [1.29, 1.82) is 0 Å². The maximum Gasteiger partial charge on any atom is 0.333 e. The molecule has 0 saturated heterocycles. The molecule has 15 aliphatic rings. The fourth-order valence-corrected chi connectivity index (χ4v) is 20.6. The zero-order valence-corrected chi connectivity index (χ0v) is 71.8. The van der Waals surface area contributed by atoms with E-state index in [-0.39, 0.29) is 92.6 Å². The number of esters is 8. The maximum atomic E-state index is 11.8. The summed E-state index contributed by atoms with van der Waals surface area (Å²) in [6.45, 7) is 58.7. The molecule has 0 aromatic heterocycles. The summed E-state index contributed by atoms with van der Waals surface area (Å²) in [5.41, 5.74) is 1.99. The molecule has 16 heteroatoms. The average Bonchev–Trinajstić information content (AvgIpc) is 0.860. The molecule has 0 aromatic rings. The minimum Gasteiger partial charge on any atom is -0.456 e. The van der Waals surface area contributed by atoms with Crippen LogP contribution in [0.1, 0.15) is 303 Å². The molecule has 0 aromatic carbocycles. The van der Waals surface area contributed by atoms with E-state index < -0.39 is 0 Å². The van der Waals surface area contributed by atoms with Gasteiger partial charge in [0.05, 0.1) is 0 Å². The number of fused-ring (bicyclic) bond motifs is 9. The van der Waals surface area contributed by atoms with Crippen LogP contribution in [0.2, 0.25) is 0 Å². The van der Waals surface area contributed by atoms with Crippen LogP contribution in [-0.2, 0) is 76.3 Å². The molecule has 16 nitrogen and oxygen atoms in total. The van der Waals surface area contributed by atoms with Gasteiger partial charge < -0.3 is 37.9 Å². The largest absolute Gasteiger partial charge is 0.456 e. The highest BCUT2D eigenvalue weighted by atomic mass is 16.6. The van der Waals surface area contributed by atoms with Crippen molar-refractivity contribution in [3.05, 3.63) is 134 Å². The first-order valence-electron chi connectivity index (χ1n) is 42.2. The molecule has 12 fully saturated rings. The Hall–Kier alpha value is -7.10. The Morgan fingerprint density at radius 1 is 0.312 bits per heavy atom. The van der Waals surface area contributed by atoms with Gasteiger partial charge in [0.15, 0.2) is 0 Å². The van der Waals surface area contributed by atoms with E-state index in [1.54, 1.807) is 55.4 Å².